The third-order valence-corrected chi connectivity index (χ3v) is 4.24. The van der Waals surface area contributed by atoms with E-state index in [0.717, 1.165) is 16.9 Å². The van der Waals surface area contributed by atoms with Crippen LogP contribution in [-0.4, -0.2) is 24.2 Å². The number of para-hydroxylation sites is 1. The molecule has 0 radical (unpaired) electrons. The van der Waals surface area contributed by atoms with E-state index < -0.39 is 5.54 Å². The Balaban J connectivity index is 2.01. The Labute approximate surface area is 116 Å². The van der Waals surface area contributed by atoms with Gasteiger partial charge in [0.2, 0.25) is 0 Å². The Kier molecular flexibility index (Phi) is 2.13. The highest BCUT2D eigenvalue weighted by atomic mass is 16.5. The number of fused-ring (bicyclic) bond motifs is 4. The van der Waals surface area contributed by atoms with Gasteiger partial charge in [-0.05, 0) is 24.3 Å². The van der Waals surface area contributed by atoms with Crippen LogP contribution in [0, 0.1) is 0 Å². The molecule has 1 spiro atoms. The quantitative estimate of drug-likeness (QED) is 0.805. The molecule has 0 bridgehead atoms. The molecule has 0 saturated heterocycles. The third-order valence-electron chi connectivity index (χ3n) is 4.24. The highest BCUT2D eigenvalue weighted by molar-refractivity contribution is 5.99. The molecule has 4 heteroatoms. The van der Waals surface area contributed by atoms with Crippen LogP contribution >= 0.6 is 0 Å². The molecule has 0 fully saturated rings. The number of carbonyl (C=O) groups is 1. The second kappa shape index (κ2) is 3.76. The van der Waals surface area contributed by atoms with Crippen molar-refractivity contribution in [1.29, 1.82) is 0 Å². The maximum Gasteiger partial charge on any atom is 0.336 e. The van der Waals surface area contributed by atoms with Crippen molar-refractivity contribution >= 4 is 17.7 Å². The Morgan fingerprint density at radius 3 is 3.00 bits per heavy atom. The van der Waals surface area contributed by atoms with Crippen LogP contribution in [0.3, 0.4) is 0 Å². The van der Waals surface area contributed by atoms with E-state index in [4.69, 9.17) is 4.74 Å². The fourth-order valence-electron chi connectivity index (χ4n) is 3.37. The number of aromatic nitrogens is 1. The number of esters is 1. The average molecular weight is 266 g/mol. The van der Waals surface area contributed by atoms with E-state index in [1.54, 1.807) is 0 Å². The normalized spacial score (nSPS) is 22.1. The van der Waals surface area contributed by atoms with E-state index in [0.29, 0.717) is 12.1 Å². The van der Waals surface area contributed by atoms with Crippen LogP contribution in [0.1, 0.15) is 11.3 Å². The van der Waals surface area contributed by atoms with E-state index in [1.807, 2.05) is 42.6 Å². The topological polar surface area (TPSA) is 43.3 Å². The van der Waals surface area contributed by atoms with E-state index >= 15 is 0 Å². The molecule has 1 N–H and O–H groups in total. The van der Waals surface area contributed by atoms with Gasteiger partial charge in [0.15, 0.2) is 0 Å². The van der Waals surface area contributed by atoms with Gasteiger partial charge in [0.05, 0.1) is 12.7 Å². The van der Waals surface area contributed by atoms with Gasteiger partial charge in [-0.25, -0.2) is 4.79 Å². The molecule has 0 amide bonds. The number of nitrogens with zero attached hydrogens (tertiary/aromatic N) is 1. The number of anilines is 1. The van der Waals surface area contributed by atoms with Crippen LogP contribution in [0.5, 0.6) is 0 Å². The first kappa shape index (κ1) is 11.3. The number of carbonyl (C=O) groups excluding carboxylic acids is 1. The molecule has 2 aromatic rings. The van der Waals surface area contributed by atoms with E-state index in [2.05, 4.69) is 16.0 Å². The van der Waals surface area contributed by atoms with E-state index in [9.17, 15) is 4.79 Å². The van der Waals surface area contributed by atoms with Crippen molar-refractivity contribution in [2.75, 3.05) is 19.0 Å². The molecule has 100 valence electrons. The first-order valence-corrected chi connectivity index (χ1v) is 6.59. The lowest BCUT2D eigenvalue weighted by Gasteiger charge is -2.29. The van der Waals surface area contributed by atoms with Crippen LogP contribution in [0.25, 0.3) is 6.08 Å². The van der Waals surface area contributed by atoms with Crippen LogP contribution in [0.15, 0.2) is 48.2 Å². The molecule has 2 aliphatic rings. The molecule has 20 heavy (non-hydrogen) atoms. The molecular formula is C16H14N2O2. The lowest BCUT2D eigenvalue weighted by molar-refractivity contribution is -0.136. The van der Waals surface area contributed by atoms with Gasteiger partial charge in [0.1, 0.15) is 5.54 Å². The standard InChI is InChI=1S/C16H14N2O2/c1-20-15(19)13-9-11-5-4-8-18(11)16(13)10-17-14-7-3-2-6-12(14)16/h2-9,17H,10H2,1H3. The van der Waals surface area contributed by atoms with Crippen molar-refractivity contribution in [3.63, 3.8) is 0 Å². The monoisotopic (exact) mass is 266 g/mol. The summed E-state index contributed by atoms with van der Waals surface area (Å²) in [6.45, 7) is 0.662. The van der Waals surface area contributed by atoms with Crippen LogP contribution < -0.4 is 5.32 Å². The number of hydrogen-bond donors (Lipinski definition) is 1. The summed E-state index contributed by atoms with van der Waals surface area (Å²) in [5, 5.41) is 3.40. The molecule has 3 heterocycles. The van der Waals surface area contributed by atoms with Gasteiger partial charge in [-0.2, -0.15) is 0 Å². The summed E-state index contributed by atoms with van der Waals surface area (Å²) >= 11 is 0. The minimum Gasteiger partial charge on any atom is -0.466 e. The van der Waals surface area contributed by atoms with Crippen molar-refractivity contribution in [2.24, 2.45) is 0 Å². The fraction of sp³-hybridized carbons (Fsp3) is 0.188. The second-order valence-corrected chi connectivity index (χ2v) is 5.11. The predicted octanol–water partition coefficient (Wildman–Crippen LogP) is 2.23. The minimum absolute atomic E-state index is 0.271. The molecule has 4 nitrogen and oxygen atoms in total. The molecule has 0 saturated carbocycles. The zero-order valence-electron chi connectivity index (χ0n) is 11.1. The Bertz CT molecular complexity index is 744. The zero-order chi connectivity index (χ0) is 13.7. The number of benzene rings is 1. The minimum atomic E-state index is -0.484. The van der Waals surface area contributed by atoms with Crippen molar-refractivity contribution < 1.29 is 9.53 Å². The second-order valence-electron chi connectivity index (χ2n) is 5.11. The van der Waals surface area contributed by atoms with Gasteiger partial charge < -0.3 is 14.6 Å². The summed E-state index contributed by atoms with van der Waals surface area (Å²) in [6, 6.07) is 12.1. The lowest BCUT2D eigenvalue weighted by Crippen LogP contribution is -2.39. The molecule has 1 unspecified atom stereocenters. The summed E-state index contributed by atoms with van der Waals surface area (Å²) in [5.41, 5.74) is 3.43. The molecule has 1 atom stereocenters. The highest BCUT2D eigenvalue weighted by Gasteiger charge is 2.50. The zero-order valence-corrected chi connectivity index (χ0v) is 11.1. The van der Waals surface area contributed by atoms with Crippen LogP contribution in [0.2, 0.25) is 0 Å². The number of hydrogen-bond acceptors (Lipinski definition) is 3. The number of methoxy groups -OCH3 is 1. The van der Waals surface area contributed by atoms with Gasteiger partial charge in [0.25, 0.3) is 0 Å². The molecule has 0 aliphatic carbocycles. The SMILES string of the molecule is COC(=O)C1=Cc2cccn2C12CNc1ccccc12. The highest BCUT2D eigenvalue weighted by Crippen LogP contribution is 2.48. The van der Waals surface area contributed by atoms with E-state index in [1.165, 1.54) is 7.11 Å². The number of nitrogens with one attached hydrogen (secondary N) is 1. The van der Waals surface area contributed by atoms with Crippen LogP contribution in [0.4, 0.5) is 5.69 Å². The predicted molar refractivity (Wildman–Crippen MR) is 76.4 cm³/mol. The largest absolute Gasteiger partial charge is 0.466 e. The Morgan fingerprint density at radius 1 is 1.30 bits per heavy atom. The number of ether oxygens (including phenoxy) is 1. The van der Waals surface area contributed by atoms with Crippen molar-refractivity contribution in [3.8, 4) is 0 Å². The van der Waals surface area contributed by atoms with Gasteiger partial charge in [-0.1, -0.05) is 18.2 Å². The molecule has 4 rings (SSSR count). The molecule has 1 aromatic carbocycles. The van der Waals surface area contributed by atoms with Gasteiger partial charge in [-0.3, -0.25) is 0 Å². The third kappa shape index (κ3) is 1.18. The van der Waals surface area contributed by atoms with Gasteiger partial charge in [0, 0.05) is 29.7 Å². The van der Waals surface area contributed by atoms with Gasteiger partial charge in [-0.15, -0.1) is 0 Å². The van der Waals surface area contributed by atoms with Crippen LogP contribution in [-0.2, 0) is 15.1 Å². The van der Waals surface area contributed by atoms with Crippen molar-refractivity contribution in [1.82, 2.24) is 4.57 Å². The Hall–Kier alpha value is -2.49. The summed E-state index contributed by atoms with van der Waals surface area (Å²) in [6.07, 6.45) is 3.95. The first-order chi connectivity index (χ1) is 9.77. The van der Waals surface area contributed by atoms with Gasteiger partial charge >= 0.3 is 5.97 Å². The summed E-state index contributed by atoms with van der Waals surface area (Å²) in [7, 11) is 1.43. The molecule has 2 aliphatic heterocycles. The molecular weight excluding hydrogens is 252 g/mol. The maximum atomic E-state index is 12.2. The summed E-state index contributed by atoms with van der Waals surface area (Å²) in [5.74, 6) is -0.271. The Morgan fingerprint density at radius 2 is 2.15 bits per heavy atom. The first-order valence-electron chi connectivity index (χ1n) is 6.59. The van der Waals surface area contributed by atoms with E-state index in [-0.39, 0.29) is 5.97 Å². The summed E-state index contributed by atoms with van der Waals surface area (Å²) in [4.78, 5) is 12.2. The number of rotatable bonds is 1. The maximum absolute atomic E-state index is 12.2. The summed E-state index contributed by atoms with van der Waals surface area (Å²) < 4.78 is 7.14. The average Bonchev–Trinajstić information content (AvgIpc) is 3.15. The van der Waals surface area contributed by atoms with Crippen molar-refractivity contribution in [2.45, 2.75) is 5.54 Å². The van der Waals surface area contributed by atoms with Crippen molar-refractivity contribution in [3.05, 3.63) is 59.4 Å². The fourth-order valence-corrected chi connectivity index (χ4v) is 3.37. The molecule has 1 aromatic heterocycles. The lowest BCUT2D eigenvalue weighted by atomic mass is 9.85. The smallest absolute Gasteiger partial charge is 0.336 e.